The summed E-state index contributed by atoms with van der Waals surface area (Å²) in [4.78, 5) is 0.839. The number of nitrogens with zero attached hydrogens (tertiary/aromatic N) is 3. The standard InChI is InChI=1S/C9H6N4S2/c10-4-6-2-1-3-7(8(6)11)15-9-13-12-5-14-9/h1-3,5H,11H2. The van der Waals surface area contributed by atoms with E-state index in [0.29, 0.717) is 11.3 Å². The van der Waals surface area contributed by atoms with E-state index in [0.717, 1.165) is 9.24 Å². The van der Waals surface area contributed by atoms with Crippen LogP contribution >= 0.6 is 23.1 Å². The van der Waals surface area contributed by atoms with Gasteiger partial charge in [0.05, 0.1) is 11.3 Å². The van der Waals surface area contributed by atoms with Crippen LogP contribution in [0, 0.1) is 11.3 Å². The van der Waals surface area contributed by atoms with Crippen LogP contribution < -0.4 is 5.73 Å². The lowest BCUT2D eigenvalue weighted by atomic mass is 10.2. The molecule has 15 heavy (non-hydrogen) atoms. The number of nitrogen functional groups attached to an aromatic ring is 1. The maximum absolute atomic E-state index is 8.80. The summed E-state index contributed by atoms with van der Waals surface area (Å²) in [6.45, 7) is 0. The third-order valence-electron chi connectivity index (χ3n) is 1.72. The molecule has 0 aliphatic rings. The molecule has 0 saturated heterocycles. The molecule has 2 aromatic rings. The molecule has 0 bridgehead atoms. The predicted molar refractivity (Wildman–Crippen MR) is 59.6 cm³/mol. The first-order valence-electron chi connectivity index (χ1n) is 4.04. The molecule has 74 valence electrons. The molecular formula is C9H6N4S2. The average Bonchev–Trinajstić information content (AvgIpc) is 2.74. The smallest absolute Gasteiger partial charge is 0.178 e. The Kier molecular flexibility index (Phi) is 2.85. The van der Waals surface area contributed by atoms with Gasteiger partial charge in [0.1, 0.15) is 11.6 Å². The van der Waals surface area contributed by atoms with Crippen molar-refractivity contribution in [2.45, 2.75) is 9.24 Å². The SMILES string of the molecule is N#Cc1cccc(Sc2nncs2)c1N. The van der Waals surface area contributed by atoms with E-state index in [1.165, 1.54) is 23.1 Å². The first kappa shape index (κ1) is 9.96. The van der Waals surface area contributed by atoms with E-state index < -0.39 is 0 Å². The van der Waals surface area contributed by atoms with Gasteiger partial charge in [-0.3, -0.25) is 0 Å². The summed E-state index contributed by atoms with van der Waals surface area (Å²) in [7, 11) is 0. The molecule has 2 N–H and O–H groups in total. The van der Waals surface area contributed by atoms with Gasteiger partial charge in [-0.15, -0.1) is 10.2 Å². The Morgan fingerprint density at radius 3 is 3.00 bits per heavy atom. The van der Waals surface area contributed by atoms with E-state index >= 15 is 0 Å². The van der Waals surface area contributed by atoms with Crippen molar-refractivity contribution < 1.29 is 0 Å². The monoisotopic (exact) mass is 234 g/mol. The summed E-state index contributed by atoms with van der Waals surface area (Å²) in [5, 5.41) is 16.4. The minimum atomic E-state index is 0.490. The number of para-hydroxylation sites is 1. The van der Waals surface area contributed by atoms with Gasteiger partial charge in [-0.2, -0.15) is 5.26 Å². The van der Waals surface area contributed by atoms with Crippen molar-refractivity contribution in [3.63, 3.8) is 0 Å². The van der Waals surface area contributed by atoms with E-state index in [-0.39, 0.29) is 0 Å². The zero-order chi connectivity index (χ0) is 10.7. The number of hydrogen-bond donors (Lipinski definition) is 1. The summed E-state index contributed by atoms with van der Waals surface area (Å²) < 4.78 is 0.816. The van der Waals surface area contributed by atoms with E-state index in [2.05, 4.69) is 10.2 Å². The summed E-state index contributed by atoms with van der Waals surface area (Å²) in [6.07, 6.45) is 0. The fraction of sp³-hybridized carbons (Fsp3) is 0. The van der Waals surface area contributed by atoms with Crippen LogP contribution in [0.3, 0.4) is 0 Å². The maximum Gasteiger partial charge on any atom is 0.178 e. The zero-order valence-electron chi connectivity index (χ0n) is 7.54. The molecule has 0 amide bonds. The summed E-state index contributed by atoms with van der Waals surface area (Å²) in [5.41, 5.74) is 8.47. The second kappa shape index (κ2) is 4.29. The highest BCUT2D eigenvalue weighted by atomic mass is 32.2. The molecule has 0 aliphatic heterocycles. The summed E-state index contributed by atoms with van der Waals surface area (Å²) in [6, 6.07) is 7.41. The van der Waals surface area contributed by atoms with Crippen LogP contribution in [0.2, 0.25) is 0 Å². The number of nitrogens with two attached hydrogens (primary N) is 1. The number of hydrogen-bond acceptors (Lipinski definition) is 6. The number of benzene rings is 1. The van der Waals surface area contributed by atoms with Crippen molar-refractivity contribution in [1.29, 1.82) is 5.26 Å². The molecular weight excluding hydrogens is 228 g/mol. The van der Waals surface area contributed by atoms with Crippen LogP contribution in [-0.2, 0) is 0 Å². The maximum atomic E-state index is 8.80. The van der Waals surface area contributed by atoms with Crippen LogP contribution in [0.5, 0.6) is 0 Å². The van der Waals surface area contributed by atoms with Gasteiger partial charge in [-0.1, -0.05) is 29.2 Å². The Morgan fingerprint density at radius 2 is 2.33 bits per heavy atom. The second-order valence-electron chi connectivity index (χ2n) is 2.64. The van der Waals surface area contributed by atoms with Crippen LogP contribution in [0.15, 0.2) is 32.9 Å². The van der Waals surface area contributed by atoms with Crippen molar-refractivity contribution in [1.82, 2.24) is 10.2 Å². The van der Waals surface area contributed by atoms with Gasteiger partial charge in [0.15, 0.2) is 4.34 Å². The Hall–Kier alpha value is -1.58. The highest BCUT2D eigenvalue weighted by molar-refractivity contribution is 8.01. The fourth-order valence-corrected chi connectivity index (χ4v) is 2.54. The van der Waals surface area contributed by atoms with Gasteiger partial charge in [-0.25, -0.2) is 0 Å². The van der Waals surface area contributed by atoms with Crippen LogP contribution in [-0.4, -0.2) is 10.2 Å². The molecule has 6 heteroatoms. The molecule has 1 aromatic heterocycles. The van der Waals surface area contributed by atoms with Gasteiger partial charge >= 0.3 is 0 Å². The fourth-order valence-electron chi connectivity index (χ4n) is 1.03. The van der Waals surface area contributed by atoms with Crippen molar-refractivity contribution in [3.8, 4) is 6.07 Å². The van der Waals surface area contributed by atoms with Gasteiger partial charge < -0.3 is 5.73 Å². The third kappa shape index (κ3) is 2.09. The Balaban J connectivity index is 2.34. The molecule has 0 aliphatic carbocycles. The molecule has 0 spiro atoms. The molecule has 0 radical (unpaired) electrons. The number of nitriles is 1. The van der Waals surface area contributed by atoms with E-state index in [1.54, 1.807) is 17.6 Å². The average molecular weight is 234 g/mol. The highest BCUT2D eigenvalue weighted by Gasteiger charge is 2.07. The molecule has 0 fully saturated rings. The van der Waals surface area contributed by atoms with Crippen molar-refractivity contribution in [3.05, 3.63) is 29.3 Å². The Morgan fingerprint density at radius 1 is 1.47 bits per heavy atom. The van der Waals surface area contributed by atoms with Crippen molar-refractivity contribution in [2.75, 3.05) is 5.73 Å². The second-order valence-corrected chi connectivity index (χ2v) is 4.76. The molecule has 4 nitrogen and oxygen atoms in total. The van der Waals surface area contributed by atoms with Gasteiger partial charge in [0.25, 0.3) is 0 Å². The lowest BCUT2D eigenvalue weighted by Crippen LogP contribution is -1.92. The molecule has 1 heterocycles. The predicted octanol–water partition coefficient (Wildman–Crippen LogP) is 2.14. The topological polar surface area (TPSA) is 75.6 Å². The number of aromatic nitrogens is 2. The molecule has 0 saturated carbocycles. The molecule has 1 aromatic carbocycles. The quantitative estimate of drug-likeness (QED) is 0.806. The van der Waals surface area contributed by atoms with Gasteiger partial charge in [-0.05, 0) is 12.1 Å². The normalized spacial score (nSPS) is 9.80. The number of anilines is 1. The number of rotatable bonds is 2. The van der Waals surface area contributed by atoms with Crippen LogP contribution in [0.25, 0.3) is 0 Å². The van der Waals surface area contributed by atoms with Crippen molar-refractivity contribution in [2.24, 2.45) is 0 Å². The highest BCUT2D eigenvalue weighted by Crippen LogP contribution is 2.33. The minimum absolute atomic E-state index is 0.490. The zero-order valence-corrected chi connectivity index (χ0v) is 9.18. The minimum Gasteiger partial charge on any atom is -0.397 e. The van der Waals surface area contributed by atoms with E-state index in [1.807, 2.05) is 12.1 Å². The summed E-state index contributed by atoms with van der Waals surface area (Å²) in [5.74, 6) is 0. The molecule has 0 unspecified atom stereocenters. The van der Waals surface area contributed by atoms with E-state index in [4.69, 9.17) is 11.0 Å². The lowest BCUT2D eigenvalue weighted by Gasteiger charge is -2.03. The third-order valence-corrected chi connectivity index (χ3v) is 3.58. The van der Waals surface area contributed by atoms with Crippen LogP contribution in [0.1, 0.15) is 5.56 Å². The largest absolute Gasteiger partial charge is 0.397 e. The molecule has 0 atom stereocenters. The lowest BCUT2D eigenvalue weighted by molar-refractivity contribution is 1.01. The molecule has 2 rings (SSSR count). The van der Waals surface area contributed by atoms with Gasteiger partial charge in [0, 0.05) is 4.90 Å². The first-order chi connectivity index (χ1) is 7.31. The van der Waals surface area contributed by atoms with Gasteiger partial charge in [0.2, 0.25) is 0 Å². The Labute approximate surface area is 94.8 Å². The first-order valence-corrected chi connectivity index (χ1v) is 5.73. The summed E-state index contributed by atoms with van der Waals surface area (Å²) >= 11 is 2.86. The van der Waals surface area contributed by atoms with Crippen molar-refractivity contribution >= 4 is 28.8 Å². The van der Waals surface area contributed by atoms with Crippen LogP contribution in [0.4, 0.5) is 5.69 Å². The Bertz CT molecular complexity index is 501. The van der Waals surface area contributed by atoms with E-state index in [9.17, 15) is 0 Å².